The molecule has 5 rings (SSSR count). The Balaban J connectivity index is 1.24. The molecular formula is C28H31N3O5S. The van der Waals surface area contributed by atoms with Crippen molar-refractivity contribution in [1.82, 2.24) is 9.80 Å². The number of carbonyl (C=O) groups excluding carboxylic acids is 1. The summed E-state index contributed by atoms with van der Waals surface area (Å²) in [6, 6.07) is 16.3. The highest BCUT2D eigenvalue weighted by Gasteiger charge is 2.25. The van der Waals surface area contributed by atoms with E-state index in [0.29, 0.717) is 29.9 Å². The number of anilines is 1. The number of amides is 1. The van der Waals surface area contributed by atoms with E-state index in [9.17, 15) is 13.2 Å². The molecular weight excluding hydrogens is 490 g/mol. The number of nitrogens with one attached hydrogen (secondary N) is 1. The molecule has 0 bridgehead atoms. The molecule has 0 atom stereocenters. The molecule has 0 radical (unpaired) electrons. The van der Waals surface area contributed by atoms with Gasteiger partial charge in [-0.15, -0.1) is 0 Å². The number of aryl methyl sites for hydroxylation is 3. The summed E-state index contributed by atoms with van der Waals surface area (Å²) < 4.78 is 39.9. The standard InChI is InChI=1S/C28H31N3O5S/c1-19-5-8-24(14-21(19)3)29-37(33,34)27-16-23(7-4-20(27)2)28(32)31-12-10-30(11-13-31)17-22-6-9-25-26(15-22)36-18-35-25/h4-9,14-16,29H,10-13,17-18H2,1-3H3. The van der Waals surface area contributed by atoms with Crippen LogP contribution in [0.25, 0.3) is 0 Å². The van der Waals surface area contributed by atoms with Crippen LogP contribution in [-0.4, -0.2) is 57.1 Å². The second kappa shape index (κ2) is 10.1. The molecule has 0 unspecified atom stereocenters. The third-order valence-corrected chi connectivity index (χ3v) is 8.51. The Hall–Kier alpha value is -3.56. The maximum absolute atomic E-state index is 13.3. The van der Waals surface area contributed by atoms with E-state index < -0.39 is 10.0 Å². The van der Waals surface area contributed by atoms with Gasteiger partial charge in [0.2, 0.25) is 6.79 Å². The van der Waals surface area contributed by atoms with Crippen molar-refractivity contribution in [1.29, 1.82) is 0 Å². The Bertz CT molecular complexity index is 1450. The van der Waals surface area contributed by atoms with Crippen molar-refractivity contribution in [3.05, 3.63) is 82.4 Å². The first kappa shape index (κ1) is 25.1. The third kappa shape index (κ3) is 5.42. The highest BCUT2D eigenvalue weighted by atomic mass is 32.2. The zero-order valence-corrected chi connectivity index (χ0v) is 22.1. The summed E-state index contributed by atoms with van der Waals surface area (Å²) in [4.78, 5) is 17.5. The van der Waals surface area contributed by atoms with Crippen molar-refractivity contribution in [2.45, 2.75) is 32.2 Å². The van der Waals surface area contributed by atoms with Gasteiger partial charge in [0.1, 0.15) is 0 Å². The Morgan fingerprint density at radius 1 is 0.838 bits per heavy atom. The number of hydrogen-bond donors (Lipinski definition) is 1. The van der Waals surface area contributed by atoms with Crippen molar-refractivity contribution in [3.8, 4) is 11.5 Å². The average molecular weight is 522 g/mol. The molecule has 0 aromatic heterocycles. The van der Waals surface area contributed by atoms with Crippen LogP contribution < -0.4 is 14.2 Å². The highest BCUT2D eigenvalue weighted by Crippen LogP contribution is 2.33. The van der Waals surface area contributed by atoms with Gasteiger partial charge in [0.05, 0.1) is 4.90 Å². The highest BCUT2D eigenvalue weighted by molar-refractivity contribution is 7.92. The number of hydrogen-bond acceptors (Lipinski definition) is 6. The van der Waals surface area contributed by atoms with Gasteiger partial charge in [-0.25, -0.2) is 8.42 Å². The number of carbonyl (C=O) groups is 1. The number of piperazine rings is 1. The molecule has 37 heavy (non-hydrogen) atoms. The molecule has 2 aliphatic heterocycles. The van der Waals surface area contributed by atoms with E-state index in [-0.39, 0.29) is 17.6 Å². The molecule has 2 heterocycles. The summed E-state index contributed by atoms with van der Waals surface area (Å²) in [6.45, 7) is 9.26. The maximum Gasteiger partial charge on any atom is 0.262 e. The monoisotopic (exact) mass is 521 g/mol. The van der Waals surface area contributed by atoms with E-state index in [1.54, 1.807) is 36.1 Å². The lowest BCUT2D eigenvalue weighted by atomic mass is 10.1. The molecule has 1 saturated heterocycles. The van der Waals surface area contributed by atoms with Crippen molar-refractivity contribution < 1.29 is 22.7 Å². The zero-order valence-electron chi connectivity index (χ0n) is 21.3. The number of nitrogens with zero attached hydrogens (tertiary/aromatic N) is 2. The van der Waals surface area contributed by atoms with Gasteiger partial charge in [-0.2, -0.15) is 0 Å². The van der Waals surface area contributed by atoms with Crippen LogP contribution in [0.2, 0.25) is 0 Å². The molecule has 1 N–H and O–H groups in total. The first-order chi connectivity index (χ1) is 17.7. The minimum atomic E-state index is -3.86. The Morgan fingerprint density at radius 2 is 1.57 bits per heavy atom. The number of sulfonamides is 1. The lowest BCUT2D eigenvalue weighted by molar-refractivity contribution is 0.0628. The molecule has 194 valence electrons. The summed E-state index contributed by atoms with van der Waals surface area (Å²) in [7, 11) is -3.86. The van der Waals surface area contributed by atoms with Gasteiger partial charge in [-0.05, 0) is 79.4 Å². The average Bonchev–Trinajstić information content (AvgIpc) is 3.34. The van der Waals surface area contributed by atoms with Crippen molar-refractivity contribution in [3.63, 3.8) is 0 Å². The van der Waals surface area contributed by atoms with E-state index in [0.717, 1.165) is 47.8 Å². The van der Waals surface area contributed by atoms with Crippen LogP contribution in [0, 0.1) is 20.8 Å². The molecule has 8 nitrogen and oxygen atoms in total. The van der Waals surface area contributed by atoms with Crippen molar-refractivity contribution in [2.75, 3.05) is 37.7 Å². The summed E-state index contributed by atoms with van der Waals surface area (Å²) in [5.41, 5.74) is 4.67. The predicted octanol–water partition coefficient (Wildman–Crippen LogP) is 4.10. The molecule has 9 heteroatoms. The van der Waals surface area contributed by atoms with E-state index >= 15 is 0 Å². The van der Waals surface area contributed by atoms with Crippen LogP contribution >= 0.6 is 0 Å². The van der Waals surface area contributed by atoms with E-state index in [4.69, 9.17) is 9.47 Å². The molecule has 1 amide bonds. The molecule has 2 aliphatic rings. The second-order valence-corrected chi connectivity index (χ2v) is 11.3. The number of rotatable bonds is 6. The number of fused-ring (bicyclic) bond motifs is 1. The van der Waals surface area contributed by atoms with Gasteiger partial charge in [0, 0.05) is 44.0 Å². The fraction of sp³-hybridized carbons (Fsp3) is 0.321. The van der Waals surface area contributed by atoms with Gasteiger partial charge >= 0.3 is 0 Å². The molecule has 3 aromatic carbocycles. The van der Waals surface area contributed by atoms with Gasteiger partial charge < -0.3 is 14.4 Å². The zero-order chi connectivity index (χ0) is 26.2. The van der Waals surface area contributed by atoms with Crippen molar-refractivity contribution in [2.24, 2.45) is 0 Å². The van der Waals surface area contributed by atoms with Gasteiger partial charge in [-0.1, -0.05) is 18.2 Å². The molecule has 0 saturated carbocycles. The summed E-state index contributed by atoms with van der Waals surface area (Å²) in [5, 5.41) is 0. The fourth-order valence-electron chi connectivity index (χ4n) is 4.63. The minimum Gasteiger partial charge on any atom is -0.454 e. The fourth-order valence-corrected chi connectivity index (χ4v) is 5.95. The summed E-state index contributed by atoms with van der Waals surface area (Å²) >= 11 is 0. The molecule has 3 aromatic rings. The lowest BCUT2D eigenvalue weighted by Crippen LogP contribution is -2.48. The quantitative estimate of drug-likeness (QED) is 0.526. The first-order valence-corrected chi connectivity index (χ1v) is 13.8. The summed E-state index contributed by atoms with van der Waals surface area (Å²) in [5.74, 6) is 1.37. The smallest absolute Gasteiger partial charge is 0.262 e. The van der Waals surface area contributed by atoms with Crippen LogP contribution in [0.1, 0.15) is 32.6 Å². The Labute approximate surface area is 217 Å². The number of benzene rings is 3. The normalized spacial score (nSPS) is 15.6. The largest absolute Gasteiger partial charge is 0.454 e. The summed E-state index contributed by atoms with van der Waals surface area (Å²) in [6.07, 6.45) is 0. The number of ether oxygens (including phenoxy) is 2. The van der Waals surface area contributed by atoms with Crippen LogP contribution in [0.3, 0.4) is 0 Å². The van der Waals surface area contributed by atoms with Gasteiger partial charge in [0.25, 0.3) is 15.9 Å². The van der Waals surface area contributed by atoms with Gasteiger partial charge in [0.15, 0.2) is 11.5 Å². The first-order valence-electron chi connectivity index (χ1n) is 12.3. The van der Waals surface area contributed by atoms with Crippen LogP contribution in [0.4, 0.5) is 5.69 Å². The maximum atomic E-state index is 13.3. The van der Waals surface area contributed by atoms with Crippen LogP contribution in [0.5, 0.6) is 11.5 Å². The van der Waals surface area contributed by atoms with Gasteiger partial charge in [-0.3, -0.25) is 14.4 Å². The minimum absolute atomic E-state index is 0.109. The molecule has 1 fully saturated rings. The SMILES string of the molecule is Cc1ccc(NS(=O)(=O)c2cc(C(=O)N3CCN(Cc4ccc5c(c4)OCO5)CC3)ccc2C)cc1C. The van der Waals surface area contributed by atoms with Crippen LogP contribution in [0.15, 0.2) is 59.5 Å². The second-order valence-electron chi connectivity index (χ2n) is 9.64. The van der Waals surface area contributed by atoms with E-state index in [1.165, 1.54) is 6.07 Å². The van der Waals surface area contributed by atoms with E-state index in [1.807, 2.05) is 38.1 Å². The topological polar surface area (TPSA) is 88.2 Å². The lowest BCUT2D eigenvalue weighted by Gasteiger charge is -2.35. The predicted molar refractivity (Wildman–Crippen MR) is 142 cm³/mol. The third-order valence-electron chi connectivity index (χ3n) is 6.99. The molecule has 0 aliphatic carbocycles. The Kier molecular flexibility index (Phi) is 6.83. The van der Waals surface area contributed by atoms with Crippen molar-refractivity contribution >= 4 is 21.6 Å². The van der Waals surface area contributed by atoms with Crippen LogP contribution in [-0.2, 0) is 16.6 Å². The Morgan fingerprint density at radius 3 is 2.32 bits per heavy atom. The molecule has 0 spiro atoms. The van der Waals surface area contributed by atoms with E-state index in [2.05, 4.69) is 9.62 Å².